The van der Waals surface area contributed by atoms with Crippen LogP contribution in [0, 0.1) is 5.82 Å². The predicted molar refractivity (Wildman–Crippen MR) is 70.8 cm³/mol. The van der Waals surface area contributed by atoms with Gasteiger partial charge < -0.3 is 0 Å². The van der Waals surface area contributed by atoms with Crippen LogP contribution in [0.4, 0.5) is 13.2 Å². The molecule has 0 amide bonds. The second-order valence-corrected chi connectivity index (χ2v) is 6.87. The lowest BCUT2D eigenvalue weighted by Gasteiger charge is -2.23. The molecule has 0 aromatic heterocycles. The predicted octanol–water partition coefficient (Wildman–Crippen LogP) is 2.87. The number of nitrogens with two attached hydrogens (primary N) is 1. The lowest BCUT2D eigenvalue weighted by Crippen LogP contribution is -2.36. The maximum atomic E-state index is 14.1. The van der Waals surface area contributed by atoms with Crippen molar-refractivity contribution in [2.75, 3.05) is 6.54 Å². The van der Waals surface area contributed by atoms with Crippen LogP contribution in [-0.4, -0.2) is 19.3 Å². The molecule has 9 heteroatoms. The van der Waals surface area contributed by atoms with Crippen molar-refractivity contribution in [3.05, 3.63) is 33.5 Å². The van der Waals surface area contributed by atoms with Gasteiger partial charge in [-0.25, -0.2) is 18.3 Å². The van der Waals surface area contributed by atoms with Gasteiger partial charge in [-0.1, -0.05) is 0 Å². The smallest absolute Gasteiger partial charge is 0.216 e. The molecule has 0 aliphatic carbocycles. The maximum absolute atomic E-state index is 14.1. The van der Waals surface area contributed by atoms with E-state index < -0.39 is 28.5 Å². The Morgan fingerprint density at radius 3 is 2.60 bits per heavy atom. The highest BCUT2D eigenvalue weighted by molar-refractivity contribution is 9.10. The summed E-state index contributed by atoms with van der Waals surface area (Å²) in [5.41, 5.74) is -0.448. The van der Waals surface area contributed by atoms with E-state index >= 15 is 0 Å². The number of hydrogen-bond acceptors (Lipinski definition) is 2. The lowest BCUT2D eigenvalue weighted by molar-refractivity contribution is 0.151. The van der Waals surface area contributed by atoms with Crippen LogP contribution in [0.15, 0.2) is 16.6 Å². The fourth-order valence-electron chi connectivity index (χ4n) is 2.36. The zero-order chi connectivity index (χ0) is 15.1. The molecule has 2 rings (SSSR count). The Hall–Kier alpha value is -0.640. The summed E-state index contributed by atoms with van der Waals surface area (Å²) in [6, 6.07) is 1.14. The number of rotatable bonds is 3. The molecule has 0 spiro atoms. The van der Waals surface area contributed by atoms with E-state index in [0.717, 1.165) is 16.4 Å². The van der Waals surface area contributed by atoms with E-state index in [1.165, 1.54) is 0 Å². The van der Waals surface area contributed by atoms with Crippen LogP contribution in [0.5, 0.6) is 0 Å². The molecule has 1 aliphatic heterocycles. The molecule has 0 saturated carbocycles. The quantitative estimate of drug-likeness (QED) is 0.886. The number of benzene rings is 1. The van der Waals surface area contributed by atoms with Crippen molar-refractivity contribution < 1.29 is 21.6 Å². The first kappa shape index (κ1) is 15.7. The third-order valence-electron chi connectivity index (χ3n) is 3.22. The highest BCUT2D eigenvalue weighted by atomic mass is 79.9. The van der Waals surface area contributed by atoms with Crippen LogP contribution in [0.3, 0.4) is 0 Å². The van der Waals surface area contributed by atoms with Crippen molar-refractivity contribution in [2.24, 2.45) is 5.14 Å². The first-order valence-corrected chi connectivity index (χ1v) is 8.08. The number of hydrogen-bond donors (Lipinski definition) is 1. The zero-order valence-corrected chi connectivity index (χ0v) is 12.6. The van der Waals surface area contributed by atoms with E-state index in [-0.39, 0.29) is 22.1 Å². The monoisotopic (exact) mass is 372 g/mol. The number of halogens is 4. The van der Waals surface area contributed by atoms with E-state index in [1.54, 1.807) is 0 Å². The summed E-state index contributed by atoms with van der Waals surface area (Å²) >= 11 is 2.88. The van der Waals surface area contributed by atoms with Crippen LogP contribution in [0.25, 0.3) is 0 Å². The fraction of sp³-hybridized carbons (Fsp3) is 0.455. The SMILES string of the molecule is NS(=O)(=O)N1CCCC1c1cc(C(F)F)cc(Br)c1F. The molecule has 112 valence electrons. The van der Waals surface area contributed by atoms with Gasteiger partial charge in [-0.2, -0.15) is 12.7 Å². The van der Waals surface area contributed by atoms with Gasteiger partial charge in [0.1, 0.15) is 5.82 Å². The maximum Gasteiger partial charge on any atom is 0.277 e. The molecule has 1 aromatic carbocycles. The van der Waals surface area contributed by atoms with Crippen molar-refractivity contribution in [1.82, 2.24) is 4.31 Å². The minimum atomic E-state index is -4.00. The summed E-state index contributed by atoms with van der Waals surface area (Å²) in [5.74, 6) is -0.741. The van der Waals surface area contributed by atoms with Gasteiger partial charge in [0.25, 0.3) is 16.6 Å². The standard InChI is InChI=1S/C11H12BrF3N2O2S/c12-8-5-6(11(14)15)4-7(10(8)13)9-2-1-3-17(9)20(16,18)19/h4-5,9,11H,1-3H2,(H2,16,18,19). The normalized spacial score (nSPS) is 20.8. The molecule has 1 atom stereocenters. The van der Waals surface area contributed by atoms with Gasteiger partial charge in [0.15, 0.2) is 0 Å². The minimum absolute atomic E-state index is 0.0822. The van der Waals surface area contributed by atoms with Crippen molar-refractivity contribution >= 4 is 26.1 Å². The Morgan fingerprint density at radius 2 is 2.05 bits per heavy atom. The molecular weight excluding hydrogens is 361 g/mol. The van der Waals surface area contributed by atoms with Gasteiger partial charge in [0, 0.05) is 17.7 Å². The molecule has 1 aromatic rings. The van der Waals surface area contributed by atoms with E-state index in [2.05, 4.69) is 15.9 Å². The Kier molecular flexibility index (Phi) is 4.43. The summed E-state index contributed by atoms with van der Waals surface area (Å²) < 4.78 is 63.4. The molecular formula is C11H12BrF3N2O2S. The molecule has 1 unspecified atom stereocenters. The van der Waals surface area contributed by atoms with Gasteiger partial charge in [0.05, 0.1) is 10.5 Å². The molecule has 20 heavy (non-hydrogen) atoms. The third kappa shape index (κ3) is 3.00. The minimum Gasteiger partial charge on any atom is -0.216 e. The van der Waals surface area contributed by atoms with E-state index in [0.29, 0.717) is 12.8 Å². The van der Waals surface area contributed by atoms with Gasteiger partial charge in [-0.05, 0) is 40.9 Å². The van der Waals surface area contributed by atoms with Gasteiger partial charge in [0.2, 0.25) is 0 Å². The number of nitrogens with zero attached hydrogens (tertiary/aromatic N) is 1. The first-order chi connectivity index (χ1) is 9.21. The second-order valence-electron chi connectivity index (χ2n) is 4.52. The van der Waals surface area contributed by atoms with E-state index in [1.807, 2.05) is 0 Å². The fourth-order valence-corrected chi connectivity index (χ4v) is 3.81. The summed E-state index contributed by atoms with van der Waals surface area (Å²) in [6.45, 7) is 0.152. The summed E-state index contributed by atoms with van der Waals surface area (Å²) in [5, 5.41) is 5.07. The van der Waals surface area contributed by atoms with Gasteiger partial charge in [-0.3, -0.25) is 0 Å². The molecule has 1 fully saturated rings. The van der Waals surface area contributed by atoms with E-state index in [4.69, 9.17) is 5.14 Å². The second kappa shape index (κ2) is 5.63. The lowest BCUT2D eigenvalue weighted by atomic mass is 10.0. The van der Waals surface area contributed by atoms with E-state index in [9.17, 15) is 21.6 Å². The molecule has 4 nitrogen and oxygen atoms in total. The van der Waals surface area contributed by atoms with Crippen LogP contribution in [-0.2, 0) is 10.2 Å². The van der Waals surface area contributed by atoms with Crippen molar-refractivity contribution in [3.8, 4) is 0 Å². The Labute approximate surface area is 123 Å². The molecule has 0 bridgehead atoms. The van der Waals surface area contributed by atoms with Crippen LogP contribution in [0.1, 0.15) is 36.4 Å². The Morgan fingerprint density at radius 1 is 1.40 bits per heavy atom. The Balaban J connectivity index is 2.51. The molecule has 1 aliphatic rings. The van der Waals surface area contributed by atoms with Crippen LogP contribution >= 0.6 is 15.9 Å². The molecule has 1 saturated heterocycles. The summed E-state index contributed by atoms with van der Waals surface area (Å²) in [7, 11) is -4.00. The first-order valence-electron chi connectivity index (χ1n) is 5.78. The third-order valence-corrected chi connectivity index (χ3v) is 4.89. The molecule has 0 radical (unpaired) electrons. The number of alkyl halides is 2. The van der Waals surface area contributed by atoms with Gasteiger partial charge >= 0.3 is 0 Å². The van der Waals surface area contributed by atoms with Crippen molar-refractivity contribution in [3.63, 3.8) is 0 Å². The Bertz CT molecular complexity index is 624. The summed E-state index contributed by atoms with van der Waals surface area (Å²) in [4.78, 5) is 0. The largest absolute Gasteiger partial charge is 0.277 e. The average molecular weight is 373 g/mol. The topological polar surface area (TPSA) is 63.4 Å². The van der Waals surface area contributed by atoms with Gasteiger partial charge in [-0.15, -0.1) is 0 Å². The van der Waals surface area contributed by atoms with Crippen molar-refractivity contribution in [1.29, 1.82) is 0 Å². The zero-order valence-electron chi connectivity index (χ0n) is 10.2. The van der Waals surface area contributed by atoms with Crippen LogP contribution in [0.2, 0.25) is 0 Å². The summed E-state index contributed by atoms with van der Waals surface area (Å²) in [6.07, 6.45) is -1.93. The average Bonchev–Trinajstić information content (AvgIpc) is 2.80. The van der Waals surface area contributed by atoms with Crippen LogP contribution < -0.4 is 5.14 Å². The highest BCUT2D eigenvalue weighted by Gasteiger charge is 2.35. The molecule has 1 heterocycles. The highest BCUT2D eigenvalue weighted by Crippen LogP contribution is 2.38. The van der Waals surface area contributed by atoms with Crippen molar-refractivity contribution in [2.45, 2.75) is 25.3 Å². The molecule has 2 N–H and O–H groups in total.